The van der Waals surface area contributed by atoms with E-state index in [9.17, 15) is 23.5 Å². The lowest BCUT2D eigenvalue weighted by atomic mass is 9.96. The molecule has 0 fully saturated rings. The summed E-state index contributed by atoms with van der Waals surface area (Å²) in [5, 5.41) is 16.0. The van der Waals surface area contributed by atoms with E-state index in [-0.39, 0.29) is 30.7 Å². The molecule has 0 heterocycles. The number of hydrogen-bond acceptors (Lipinski definition) is 3. The second kappa shape index (κ2) is 11.6. The summed E-state index contributed by atoms with van der Waals surface area (Å²) in [6.07, 6.45) is 2.57. The lowest BCUT2D eigenvalue weighted by molar-refractivity contribution is -0.123. The number of halogens is 2. The van der Waals surface area contributed by atoms with Gasteiger partial charge in [-0.2, -0.15) is 0 Å². The molecule has 7 heteroatoms. The number of rotatable bonds is 11. The molecule has 1 rings (SSSR count). The van der Waals surface area contributed by atoms with E-state index < -0.39 is 23.8 Å². The second-order valence-corrected chi connectivity index (χ2v) is 7.02. The van der Waals surface area contributed by atoms with E-state index in [1.165, 1.54) is 19.1 Å². The van der Waals surface area contributed by atoms with Crippen molar-refractivity contribution in [2.24, 2.45) is 0 Å². The summed E-state index contributed by atoms with van der Waals surface area (Å²) >= 11 is 0. The number of benzene rings is 1. The van der Waals surface area contributed by atoms with Crippen LogP contribution in [0.2, 0.25) is 0 Å². The zero-order valence-corrected chi connectivity index (χ0v) is 16.2. The average molecular weight is 384 g/mol. The number of unbranched alkanes of at least 4 members (excludes halogenated alkanes) is 2. The predicted octanol–water partition coefficient (Wildman–Crippen LogP) is 2.85. The highest BCUT2D eigenvalue weighted by Gasteiger charge is 2.23. The number of nitrogens with one attached hydrogen (secondary N) is 2. The van der Waals surface area contributed by atoms with Crippen LogP contribution in [0.5, 0.6) is 0 Å². The first-order valence-electron chi connectivity index (χ1n) is 9.40. The van der Waals surface area contributed by atoms with Crippen molar-refractivity contribution in [2.75, 3.05) is 0 Å². The predicted molar refractivity (Wildman–Crippen MR) is 100 cm³/mol. The lowest BCUT2D eigenvalue weighted by Gasteiger charge is -2.26. The Morgan fingerprint density at radius 1 is 1.11 bits per heavy atom. The molecule has 27 heavy (non-hydrogen) atoms. The van der Waals surface area contributed by atoms with Gasteiger partial charge in [-0.05, 0) is 43.9 Å². The van der Waals surface area contributed by atoms with Crippen molar-refractivity contribution in [2.45, 2.75) is 77.5 Å². The van der Waals surface area contributed by atoms with Gasteiger partial charge in [-0.25, -0.2) is 8.78 Å². The summed E-state index contributed by atoms with van der Waals surface area (Å²) in [5.74, 6) is -1.86. The molecule has 1 unspecified atom stereocenters. The van der Waals surface area contributed by atoms with Gasteiger partial charge >= 0.3 is 0 Å². The number of aliphatic hydroxyl groups is 1. The van der Waals surface area contributed by atoms with Crippen LogP contribution >= 0.6 is 0 Å². The summed E-state index contributed by atoms with van der Waals surface area (Å²) in [7, 11) is 0. The molecule has 1 aromatic rings. The van der Waals surface area contributed by atoms with Crippen molar-refractivity contribution in [3.05, 3.63) is 35.4 Å². The molecule has 0 bridgehead atoms. The van der Waals surface area contributed by atoms with Crippen LogP contribution < -0.4 is 10.6 Å². The highest BCUT2D eigenvalue weighted by molar-refractivity contribution is 5.76. The van der Waals surface area contributed by atoms with Crippen LogP contribution in [0.15, 0.2) is 18.2 Å². The minimum atomic E-state index is -0.980. The Hall–Kier alpha value is -2.02. The van der Waals surface area contributed by atoms with Crippen molar-refractivity contribution < 1.29 is 23.5 Å². The molecular weight excluding hydrogens is 354 g/mol. The van der Waals surface area contributed by atoms with Gasteiger partial charge in [-0.3, -0.25) is 9.59 Å². The highest BCUT2D eigenvalue weighted by Crippen LogP contribution is 2.14. The average Bonchev–Trinajstić information content (AvgIpc) is 2.52. The minimum absolute atomic E-state index is 0.0760. The Balaban J connectivity index is 2.67. The van der Waals surface area contributed by atoms with E-state index >= 15 is 0 Å². The maximum absolute atomic E-state index is 13.4. The third-order valence-corrected chi connectivity index (χ3v) is 4.24. The van der Waals surface area contributed by atoms with Gasteiger partial charge in [0.05, 0.1) is 12.1 Å². The summed E-state index contributed by atoms with van der Waals surface area (Å²) in [4.78, 5) is 23.3. The van der Waals surface area contributed by atoms with Gasteiger partial charge in [-0.1, -0.05) is 19.8 Å². The molecule has 1 aromatic carbocycles. The monoisotopic (exact) mass is 384 g/mol. The Kier molecular flexibility index (Phi) is 9.93. The number of aliphatic hydroxyl groups excluding tert-OH is 1. The maximum Gasteiger partial charge on any atom is 0.220 e. The molecule has 0 aliphatic heterocycles. The minimum Gasteiger partial charge on any atom is -0.391 e. The first-order chi connectivity index (χ1) is 12.7. The standard InChI is InChI=1S/C20H30F2N2O3/c1-4-5-6-7-20(27)23-13(2)8-19(26)18(24-14(3)25)11-15-9-16(21)12-17(22)10-15/h9-10,12-13,18-19,26H,4-8,11H2,1-3H3,(H,23,27)(H,24,25)/t13?,18-,19-/m0/s1. The van der Waals surface area contributed by atoms with E-state index in [1.807, 2.05) is 0 Å². The molecule has 3 atom stereocenters. The Morgan fingerprint density at radius 3 is 2.30 bits per heavy atom. The molecule has 0 radical (unpaired) electrons. The molecular formula is C20H30F2N2O3. The summed E-state index contributed by atoms with van der Waals surface area (Å²) in [6.45, 7) is 5.14. The Labute approximate surface area is 159 Å². The topological polar surface area (TPSA) is 78.4 Å². The smallest absolute Gasteiger partial charge is 0.220 e. The molecule has 0 spiro atoms. The fourth-order valence-electron chi connectivity index (χ4n) is 3.00. The largest absolute Gasteiger partial charge is 0.391 e. The van der Waals surface area contributed by atoms with Gasteiger partial charge in [0.25, 0.3) is 0 Å². The van der Waals surface area contributed by atoms with Crippen LogP contribution in [-0.2, 0) is 16.0 Å². The molecule has 0 aliphatic rings. The van der Waals surface area contributed by atoms with E-state index in [0.29, 0.717) is 12.0 Å². The van der Waals surface area contributed by atoms with Crippen molar-refractivity contribution in [1.29, 1.82) is 0 Å². The second-order valence-electron chi connectivity index (χ2n) is 7.02. The zero-order valence-electron chi connectivity index (χ0n) is 16.2. The van der Waals surface area contributed by atoms with E-state index in [1.54, 1.807) is 6.92 Å². The van der Waals surface area contributed by atoms with Gasteiger partial charge in [0.2, 0.25) is 11.8 Å². The molecule has 0 aliphatic carbocycles. The fraction of sp³-hybridized carbons (Fsp3) is 0.600. The maximum atomic E-state index is 13.4. The molecule has 0 saturated heterocycles. The van der Waals surface area contributed by atoms with Crippen LogP contribution in [0.25, 0.3) is 0 Å². The van der Waals surface area contributed by atoms with Crippen LogP contribution in [0.4, 0.5) is 8.78 Å². The summed E-state index contributed by atoms with van der Waals surface area (Å²) in [5.41, 5.74) is 0.335. The Morgan fingerprint density at radius 2 is 1.74 bits per heavy atom. The number of hydrogen-bond donors (Lipinski definition) is 3. The zero-order chi connectivity index (χ0) is 20.4. The number of carbonyl (C=O) groups is 2. The fourth-order valence-corrected chi connectivity index (χ4v) is 3.00. The number of carbonyl (C=O) groups excluding carboxylic acids is 2. The van der Waals surface area contributed by atoms with Gasteiger partial charge in [0, 0.05) is 25.5 Å². The van der Waals surface area contributed by atoms with Gasteiger partial charge in [0.1, 0.15) is 11.6 Å². The van der Waals surface area contributed by atoms with Crippen molar-refractivity contribution in [3.63, 3.8) is 0 Å². The molecule has 0 aromatic heterocycles. The SMILES string of the molecule is CCCCCC(=O)NC(C)C[C@H](O)[C@H](Cc1cc(F)cc(F)c1)NC(C)=O. The van der Waals surface area contributed by atoms with Gasteiger partial charge in [0.15, 0.2) is 0 Å². The van der Waals surface area contributed by atoms with Crippen LogP contribution in [0.1, 0.15) is 58.4 Å². The molecule has 152 valence electrons. The molecule has 2 amide bonds. The summed E-state index contributed by atoms with van der Waals surface area (Å²) in [6, 6.07) is 2.09. The quantitative estimate of drug-likeness (QED) is 0.514. The van der Waals surface area contributed by atoms with Crippen molar-refractivity contribution in [1.82, 2.24) is 10.6 Å². The normalized spacial score (nSPS) is 14.3. The van der Waals surface area contributed by atoms with E-state index in [4.69, 9.17) is 0 Å². The van der Waals surface area contributed by atoms with Crippen molar-refractivity contribution >= 4 is 11.8 Å². The third-order valence-electron chi connectivity index (χ3n) is 4.24. The van der Waals surface area contributed by atoms with Crippen LogP contribution in [0.3, 0.4) is 0 Å². The number of amides is 2. The van der Waals surface area contributed by atoms with Crippen LogP contribution in [-0.4, -0.2) is 35.1 Å². The van der Waals surface area contributed by atoms with Crippen molar-refractivity contribution in [3.8, 4) is 0 Å². The molecule has 3 N–H and O–H groups in total. The van der Waals surface area contributed by atoms with Crippen LogP contribution in [0, 0.1) is 11.6 Å². The Bertz CT molecular complexity index is 605. The van der Waals surface area contributed by atoms with E-state index in [0.717, 1.165) is 25.3 Å². The lowest BCUT2D eigenvalue weighted by Crippen LogP contribution is -2.47. The highest BCUT2D eigenvalue weighted by atomic mass is 19.1. The van der Waals surface area contributed by atoms with Gasteiger partial charge in [-0.15, -0.1) is 0 Å². The molecule has 0 saturated carbocycles. The first kappa shape index (κ1) is 23.0. The molecule has 5 nitrogen and oxygen atoms in total. The summed E-state index contributed by atoms with van der Waals surface area (Å²) < 4.78 is 26.8. The van der Waals surface area contributed by atoms with E-state index in [2.05, 4.69) is 17.6 Å². The third kappa shape index (κ3) is 9.47. The first-order valence-corrected chi connectivity index (χ1v) is 9.40. The van der Waals surface area contributed by atoms with Gasteiger partial charge < -0.3 is 15.7 Å².